The van der Waals surface area contributed by atoms with Crippen LogP contribution in [0, 0.1) is 11.3 Å². The van der Waals surface area contributed by atoms with E-state index >= 15 is 0 Å². The Balaban J connectivity index is 2.60. The highest BCUT2D eigenvalue weighted by molar-refractivity contribution is 5.76. The molecule has 1 rings (SSSR count). The van der Waals surface area contributed by atoms with E-state index < -0.39 is 5.41 Å². The molecule has 0 N–H and O–H groups in total. The van der Waals surface area contributed by atoms with E-state index in [1.54, 1.807) is 0 Å². The second-order valence-corrected chi connectivity index (χ2v) is 7.62. The Morgan fingerprint density at radius 3 is 2.29 bits per heavy atom. The first-order chi connectivity index (χ1) is 11.4. The zero-order chi connectivity index (χ0) is 18.0. The summed E-state index contributed by atoms with van der Waals surface area (Å²) in [7, 11) is 0. The second kappa shape index (κ2) is 10.5. The molecule has 2 nitrogen and oxygen atoms in total. The molecular formula is C22H36O2. The SMILES string of the molecule is CCCCC(CC)COC(=O)C(C)(C)CC(CC)c1ccccc1. The highest BCUT2D eigenvalue weighted by atomic mass is 16.5. The lowest BCUT2D eigenvalue weighted by molar-refractivity contribution is -0.156. The van der Waals surface area contributed by atoms with E-state index in [0.717, 1.165) is 25.7 Å². The van der Waals surface area contributed by atoms with Crippen LogP contribution in [-0.2, 0) is 9.53 Å². The van der Waals surface area contributed by atoms with Gasteiger partial charge >= 0.3 is 5.97 Å². The summed E-state index contributed by atoms with van der Waals surface area (Å²) in [6.07, 6.45) is 6.51. The third-order valence-corrected chi connectivity index (χ3v) is 5.07. The first-order valence-corrected chi connectivity index (χ1v) is 9.66. The van der Waals surface area contributed by atoms with Crippen LogP contribution in [0.25, 0.3) is 0 Å². The fourth-order valence-electron chi connectivity index (χ4n) is 3.21. The van der Waals surface area contributed by atoms with Crippen molar-refractivity contribution in [3.63, 3.8) is 0 Å². The molecule has 24 heavy (non-hydrogen) atoms. The summed E-state index contributed by atoms with van der Waals surface area (Å²) in [5.74, 6) is 0.850. The van der Waals surface area contributed by atoms with Gasteiger partial charge in [0.15, 0.2) is 0 Å². The number of ether oxygens (including phenoxy) is 1. The summed E-state index contributed by atoms with van der Waals surface area (Å²) in [4.78, 5) is 12.6. The van der Waals surface area contributed by atoms with Crippen LogP contribution < -0.4 is 0 Å². The van der Waals surface area contributed by atoms with E-state index in [0.29, 0.717) is 18.4 Å². The number of carbonyl (C=O) groups excluding carboxylic acids is 1. The molecule has 2 atom stereocenters. The minimum Gasteiger partial charge on any atom is -0.465 e. The predicted octanol–water partition coefficient (Wildman–Crippen LogP) is 6.36. The number of benzene rings is 1. The first-order valence-electron chi connectivity index (χ1n) is 9.66. The van der Waals surface area contributed by atoms with Crippen molar-refractivity contribution in [2.24, 2.45) is 11.3 Å². The summed E-state index contributed by atoms with van der Waals surface area (Å²) < 4.78 is 5.70. The van der Waals surface area contributed by atoms with E-state index in [2.05, 4.69) is 45.0 Å². The Morgan fingerprint density at radius 2 is 1.75 bits per heavy atom. The van der Waals surface area contributed by atoms with Gasteiger partial charge in [0.05, 0.1) is 12.0 Å². The van der Waals surface area contributed by atoms with E-state index in [1.165, 1.54) is 18.4 Å². The summed E-state index contributed by atoms with van der Waals surface area (Å²) in [5.41, 5.74) is 0.870. The standard InChI is InChI=1S/C22H36O2/c1-6-9-13-18(7-2)17-24-21(23)22(4,5)16-19(8-3)20-14-11-10-12-15-20/h10-12,14-15,18-19H,6-9,13,16-17H2,1-5H3. The molecule has 2 unspecified atom stereocenters. The molecular weight excluding hydrogens is 296 g/mol. The van der Waals surface area contributed by atoms with Gasteiger partial charge in [0.2, 0.25) is 0 Å². The highest BCUT2D eigenvalue weighted by Gasteiger charge is 2.32. The van der Waals surface area contributed by atoms with Crippen LogP contribution in [0.5, 0.6) is 0 Å². The average molecular weight is 333 g/mol. The Hall–Kier alpha value is -1.31. The number of hydrogen-bond donors (Lipinski definition) is 0. The number of carbonyl (C=O) groups is 1. The second-order valence-electron chi connectivity index (χ2n) is 7.62. The minimum absolute atomic E-state index is 0.0492. The maximum Gasteiger partial charge on any atom is 0.311 e. The van der Waals surface area contributed by atoms with Gasteiger partial charge in [0.25, 0.3) is 0 Å². The van der Waals surface area contributed by atoms with Crippen molar-refractivity contribution in [2.45, 2.75) is 79.1 Å². The van der Waals surface area contributed by atoms with Gasteiger partial charge in [0, 0.05) is 0 Å². The third-order valence-electron chi connectivity index (χ3n) is 5.07. The van der Waals surface area contributed by atoms with Crippen LogP contribution >= 0.6 is 0 Å². The molecule has 0 amide bonds. The largest absolute Gasteiger partial charge is 0.465 e. The quantitative estimate of drug-likeness (QED) is 0.441. The number of esters is 1. The molecule has 0 aliphatic rings. The monoisotopic (exact) mass is 332 g/mol. The lowest BCUT2D eigenvalue weighted by Gasteiger charge is -2.28. The molecule has 136 valence electrons. The minimum atomic E-state index is -0.445. The van der Waals surface area contributed by atoms with Crippen LogP contribution in [-0.4, -0.2) is 12.6 Å². The van der Waals surface area contributed by atoms with Crippen molar-refractivity contribution in [1.82, 2.24) is 0 Å². The Bertz CT molecular complexity index is 464. The highest BCUT2D eigenvalue weighted by Crippen LogP contribution is 2.35. The summed E-state index contributed by atoms with van der Waals surface area (Å²) in [6.45, 7) is 11.2. The summed E-state index contributed by atoms with van der Waals surface area (Å²) in [5, 5.41) is 0. The molecule has 0 aromatic heterocycles. The Labute approximate surface area is 149 Å². The normalized spacial score (nSPS) is 14.2. The molecule has 0 aliphatic heterocycles. The lowest BCUT2D eigenvalue weighted by atomic mass is 9.79. The summed E-state index contributed by atoms with van der Waals surface area (Å²) >= 11 is 0. The van der Waals surface area contributed by atoms with Gasteiger partial charge in [-0.3, -0.25) is 4.79 Å². The molecule has 0 radical (unpaired) electrons. The molecule has 1 aromatic carbocycles. The molecule has 2 heteroatoms. The zero-order valence-corrected chi connectivity index (χ0v) is 16.3. The Morgan fingerprint density at radius 1 is 1.08 bits per heavy atom. The molecule has 1 aromatic rings. The predicted molar refractivity (Wildman–Crippen MR) is 102 cm³/mol. The van der Waals surface area contributed by atoms with Crippen LogP contribution in [0.2, 0.25) is 0 Å². The zero-order valence-electron chi connectivity index (χ0n) is 16.3. The third kappa shape index (κ3) is 6.67. The van der Waals surface area contributed by atoms with Crippen molar-refractivity contribution < 1.29 is 9.53 Å². The summed E-state index contributed by atoms with van der Waals surface area (Å²) in [6, 6.07) is 10.5. The van der Waals surface area contributed by atoms with Crippen molar-refractivity contribution in [2.75, 3.05) is 6.61 Å². The molecule has 0 saturated carbocycles. The van der Waals surface area contributed by atoms with E-state index in [4.69, 9.17) is 4.74 Å². The van der Waals surface area contributed by atoms with E-state index in [9.17, 15) is 4.79 Å². The van der Waals surface area contributed by atoms with Gasteiger partial charge in [-0.2, -0.15) is 0 Å². The van der Waals surface area contributed by atoms with Gasteiger partial charge in [0.1, 0.15) is 0 Å². The maximum atomic E-state index is 12.6. The number of rotatable bonds is 11. The van der Waals surface area contributed by atoms with Crippen LogP contribution in [0.3, 0.4) is 0 Å². The number of unbranched alkanes of at least 4 members (excludes halogenated alkanes) is 1. The molecule has 0 fully saturated rings. The molecule has 0 aliphatic carbocycles. The first kappa shape index (κ1) is 20.7. The van der Waals surface area contributed by atoms with Gasteiger partial charge in [-0.1, -0.05) is 70.4 Å². The smallest absolute Gasteiger partial charge is 0.311 e. The maximum absolute atomic E-state index is 12.6. The molecule has 0 bridgehead atoms. The molecule has 0 saturated heterocycles. The van der Waals surface area contributed by atoms with Gasteiger partial charge in [-0.25, -0.2) is 0 Å². The van der Waals surface area contributed by atoms with Gasteiger partial charge < -0.3 is 4.74 Å². The van der Waals surface area contributed by atoms with Crippen molar-refractivity contribution in [3.05, 3.63) is 35.9 Å². The van der Waals surface area contributed by atoms with Crippen LogP contribution in [0.1, 0.15) is 84.6 Å². The van der Waals surface area contributed by atoms with Gasteiger partial charge in [-0.15, -0.1) is 0 Å². The molecule has 0 spiro atoms. The van der Waals surface area contributed by atoms with E-state index in [1.807, 2.05) is 19.9 Å². The van der Waals surface area contributed by atoms with E-state index in [-0.39, 0.29) is 5.97 Å². The lowest BCUT2D eigenvalue weighted by Crippen LogP contribution is -2.30. The number of hydrogen-bond acceptors (Lipinski definition) is 2. The average Bonchev–Trinajstić information content (AvgIpc) is 2.60. The van der Waals surface area contributed by atoms with Gasteiger partial charge in [-0.05, 0) is 50.5 Å². The van der Waals surface area contributed by atoms with Crippen LogP contribution in [0.15, 0.2) is 30.3 Å². The van der Waals surface area contributed by atoms with Crippen molar-refractivity contribution >= 4 is 5.97 Å². The fraction of sp³-hybridized carbons (Fsp3) is 0.682. The molecule has 0 heterocycles. The Kier molecular flexibility index (Phi) is 9.10. The topological polar surface area (TPSA) is 26.3 Å². The van der Waals surface area contributed by atoms with Crippen LogP contribution in [0.4, 0.5) is 0 Å². The van der Waals surface area contributed by atoms with Crippen molar-refractivity contribution in [3.8, 4) is 0 Å². The van der Waals surface area contributed by atoms with Crippen molar-refractivity contribution in [1.29, 1.82) is 0 Å². The fourth-order valence-corrected chi connectivity index (χ4v) is 3.21.